The minimum atomic E-state index is 0.218. The summed E-state index contributed by atoms with van der Waals surface area (Å²) in [5.41, 5.74) is 4.45. The number of ether oxygens (including phenoxy) is 2. The molecule has 2 aromatic carbocycles. The first kappa shape index (κ1) is 27.2. The zero-order valence-corrected chi connectivity index (χ0v) is 23.2. The zero-order chi connectivity index (χ0) is 25.2. The molecule has 0 aliphatic heterocycles. The normalized spacial score (nSPS) is 25.4. The van der Waals surface area contributed by atoms with E-state index in [-0.39, 0.29) is 6.10 Å². The van der Waals surface area contributed by atoms with Crippen molar-refractivity contribution >= 4 is 0 Å². The molecular formula is C34H50O2. The van der Waals surface area contributed by atoms with Gasteiger partial charge < -0.3 is 9.47 Å². The standard InChI is InChI=1S/C34H50O2/c1-4-6-27-9-13-29(14-10-27)30-15-11-28(12-16-30)8-7-26(3)36-34-23-19-32(20-24-34)31-17-21-33(22-18-31)35-25-5-2/h11-12,15-16,19-20,23-24,26-27,29,31,33H,4-10,13-14,17-18,21-22,25H2,1-3H3/t26-,27?,29?,31?,33?/m1/s1. The third kappa shape index (κ3) is 8.10. The van der Waals surface area contributed by atoms with E-state index in [9.17, 15) is 0 Å². The predicted octanol–water partition coefficient (Wildman–Crippen LogP) is 9.61. The van der Waals surface area contributed by atoms with E-state index < -0.39 is 0 Å². The molecule has 1 atom stereocenters. The molecule has 0 spiro atoms. The van der Waals surface area contributed by atoms with Crippen LogP contribution in [0.2, 0.25) is 0 Å². The second-order valence-electron chi connectivity index (χ2n) is 11.6. The lowest BCUT2D eigenvalue weighted by Crippen LogP contribution is -2.21. The van der Waals surface area contributed by atoms with Crippen molar-refractivity contribution in [2.45, 2.75) is 128 Å². The van der Waals surface area contributed by atoms with Crippen molar-refractivity contribution in [3.05, 3.63) is 65.2 Å². The molecule has 2 heteroatoms. The fraction of sp³-hybridized carbons (Fsp3) is 0.647. The average Bonchev–Trinajstić information content (AvgIpc) is 2.92. The van der Waals surface area contributed by atoms with Crippen LogP contribution in [0.15, 0.2) is 48.5 Å². The summed E-state index contributed by atoms with van der Waals surface area (Å²) in [6, 6.07) is 18.4. The van der Waals surface area contributed by atoms with Crippen LogP contribution >= 0.6 is 0 Å². The first-order valence-electron chi connectivity index (χ1n) is 15.1. The Hall–Kier alpha value is -1.80. The Morgan fingerprint density at radius 3 is 1.89 bits per heavy atom. The van der Waals surface area contributed by atoms with Gasteiger partial charge in [-0.2, -0.15) is 0 Å². The summed E-state index contributed by atoms with van der Waals surface area (Å²) in [7, 11) is 0. The van der Waals surface area contributed by atoms with Gasteiger partial charge in [-0.15, -0.1) is 0 Å². The molecule has 0 unspecified atom stereocenters. The summed E-state index contributed by atoms with van der Waals surface area (Å²) in [5, 5.41) is 0. The highest BCUT2D eigenvalue weighted by atomic mass is 16.5. The Bertz CT molecular complexity index is 855. The van der Waals surface area contributed by atoms with E-state index in [1.165, 1.54) is 75.3 Å². The third-order valence-corrected chi connectivity index (χ3v) is 8.75. The summed E-state index contributed by atoms with van der Waals surface area (Å²) in [6.07, 6.45) is 17.2. The van der Waals surface area contributed by atoms with Gasteiger partial charge in [-0.05, 0) is 124 Å². The molecule has 4 rings (SSSR count). The van der Waals surface area contributed by atoms with Gasteiger partial charge in [0.1, 0.15) is 5.75 Å². The van der Waals surface area contributed by atoms with Crippen LogP contribution in [0.4, 0.5) is 0 Å². The molecule has 0 radical (unpaired) electrons. The Labute approximate surface area is 221 Å². The molecule has 0 saturated heterocycles. The molecular weight excluding hydrogens is 440 g/mol. The highest BCUT2D eigenvalue weighted by Crippen LogP contribution is 2.38. The van der Waals surface area contributed by atoms with Crippen molar-refractivity contribution in [1.29, 1.82) is 0 Å². The highest BCUT2D eigenvalue weighted by molar-refractivity contribution is 5.30. The molecule has 0 bridgehead atoms. The summed E-state index contributed by atoms with van der Waals surface area (Å²) in [5.74, 6) is 3.43. The van der Waals surface area contributed by atoms with Crippen LogP contribution in [0, 0.1) is 5.92 Å². The topological polar surface area (TPSA) is 18.5 Å². The monoisotopic (exact) mass is 490 g/mol. The van der Waals surface area contributed by atoms with Gasteiger partial charge in [0.15, 0.2) is 0 Å². The molecule has 0 amide bonds. The number of hydrogen-bond acceptors (Lipinski definition) is 2. The van der Waals surface area contributed by atoms with Gasteiger partial charge >= 0.3 is 0 Å². The first-order valence-corrected chi connectivity index (χ1v) is 15.1. The van der Waals surface area contributed by atoms with Crippen LogP contribution in [0.5, 0.6) is 5.75 Å². The van der Waals surface area contributed by atoms with Crippen molar-refractivity contribution in [2.24, 2.45) is 5.92 Å². The second kappa shape index (κ2) is 14.2. The number of rotatable bonds is 12. The summed E-state index contributed by atoms with van der Waals surface area (Å²) >= 11 is 0. The van der Waals surface area contributed by atoms with Crippen molar-refractivity contribution in [3.63, 3.8) is 0 Å². The number of aryl methyl sites for hydroxylation is 1. The lowest BCUT2D eigenvalue weighted by Gasteiger charge is -2.29. The lowest BCUT2D eigenvalue weighted by atomic mass is 9.77. The van der Waals surface area contributed by atoms with E-state index in [2.05, 4.69) is 69.3 Å². The van der Waals surface area contributed by atoms with E-state index >= 15 is 0 Å². The number of benzene rings is 2. The Balaban J connectivity index is 1.17. The smallest absolute Gasteiger partial charge is 0.119 e. The molecule has 2 aliphatic rings. The number of hydrogen-bond donors (Lipinski definition) is 0. The van der Waals surface area contributed by atoms with Crippen LogP contribution in [0.1, 0.15) is 126 Å². The minimum absolute atomic E-state index is 0.218. The van der Waals surface area contributed by atoms with Crippen molar-refractivity contribution in [2.75, 3.05) is 6.61 Å². The van der Waals surface area contributed by atoms with Gasteiger partial charge in [-0.1, -0.05) is 63.1 Å². The molecule has 0 N–H and O–H groups in total. The molecule has 2 fully saturated rings. The maximum Gasteiger partial charge on any atom is 0.119 e. The van der Waals surface area contributed by atoms with Crippen LogP contribution in [-0.2, 0) is 11.2 Å². The maximum atomic E-state index is 6.27. The maximum absolute atomic E-state index is 6.27. The van der Waals surface area contributed by atoms with Gasteiger partial charge in [-0.3, -0.25) is 0 Å². The summed E-state index contributed by atoms with van der Waals surface area (Å²) in [6.45, 7) is 7.62. The SMILES string of the molecule is CCCOC1CCC(c2ccc(O[C@H](C)CCc3ccc(C4CCC(CCC)CC4)cc3)cc2)CC1. The van der Waals surface area contributed by atoms with E-state index in [0.29, 0.717) is 12.0 Å². The molecule has 2 aromatic rings. The van der Waals surface area contributed by atoms with Crippen molar-refractivity contribution in [1.82, 2.24) is 0 Å². The van der Waals surface area contributed by atoms with Gasteiger partial charge in [0.2, 0.25) is 0 Å². The fourth-order valence-electron chi connectivity index (χ4n) is 6.48. The Morgan fingerprint density at radius 2 is 1.31 bits per heavy atom. The molecule has 2 aliphatic carbocycles. The molecule has 2 nitrogen and oxygen atoms in total. The van der Waals surface area contributed by atoms with Crippen LogP contribution < -0.4 is 4.74 Å². The van der Waals surface area contributed by atoms with Crippen LogP contribution in [-0.4, -0.2) is 18.8 Å². The molecule has 0 aromatic heterocycles. The van der Waals surface area contributed by atoms with Gasteiger partial charge in [0, 0.05) is 6.61 Å². The molecule has 198 valence electrons. The molecule has 36 heavy (non-hydrogen) atoms. The van der Waals surface area contributed by atoms with E-state index in [0.717, 1.165) is 43.5 Å². The quantitative estimate of drug-likeness (QED) is 0.295. The highest BCUT2D eigenvalue weighted by Gasteiger charge is 2.23. The zero-order valence-electron chi connectivity index (χ0n) is 23.2. The lowest BCUT2D eigenvalue weighted by molar-refractivity contribution is 0.0251. The minimum Gasteiger partial charge on any atom is -0.491 e. The second-order valence-corrected chi connectivity index (χ2v) is 11.6. The van der Waals surface area contributed by atoms with Gasteiger partial charge in [0.05, 0.1) is 12.2 Å². The average molecular weight is 491 g/mol. The molecule has 2 saturated carbocycles. The van der Waals surface area contributed by atoms with Gasteiger partial charge in [-0.25, -0.2) is 0 Å². The fourth-order valence-corrected chi connectivity index (χ4v) is 6.48. The summed E-state index contributed by atoms with van der Waals surface area (Å²) in [4.78, 5) is 0. The van der Waals surface area contributed by atoms with E-state index in [1.807, 2.05) is 0 Å². The molecule has 0 heterocycles. The van der Waals surface area contributed by atoms with Gasteiger partial charge in [0.25, 0.3) is 0 Å². The van der Waals surface area contributed by atoms with Crippen molar-refractivity contribution < 1.29 is 9.47 Å². The first-order chi connectivity index (χ1) is 17.6. The largest absolute Gasteiger partial charge is 0.491 e. The predicted molar refractivity (Wildman–Crippen MR) is 152 cm³/mol. The van der Waals surface area contributed by atoms with E-state index in [1.54, 1.807) is 5.56 Å². The van der Waals surface area contributed by atoms with Crippen LogP contribution in [0.25, 0.3) is 0 Å². The van der Waals surface area contributed by atoms with Crippen LogP contribution in [0.3, 0.4) is 0 Å². The Kier molecular flexibility index (Phi) is 10.8. The Morgan fingerprint density at radius 1 is 0.722 bits per heavy atom. The third-order valence-electron chi connectivity index (χ3n) is 8.75. The van der Waals surface area contributed by atoms with E-state index in [4.69, 9.17) is 9.47 Å². The van der Waals surface area contributed by atoms with Crippen molar-refractivity contribution in [3.8, 4) is 5.75 Å². The summed E-state index contributed by atoms with van der Waals surface area (Å²) < 4.78 is 12.2.